The molecule has 0 aliphatic rings. The van der Waals surface area contributed by atoms with Crippen LogP contribution in [0.4, 0.5) is 0 Å². The molecule has 1 amide bonds. The highest BCUT2D eigenvalue weighted by molar-refractivity contribution is 6.30. The molecule has 0 saturated carbocycles. The van der Waals surface area contributed by atoms with E-state index in [2.05, 4.69) is 17.2 Å². The summed E-state index contributed by atoms with van der Waals surface area (Å²) in [7, 11) is 1.27. The first-order valence-electron chi connectivity index (χ1n) is 11.5. The molecule has 0 fully saturated rings. The van der Waals surface area contributed by atoms with Gasteiger partial charge in [-0.15, -0.1) is 0 Å². The molecule has 0 spiro atoms. The number of phenolic OH excluding ortho intramolecular Hbond substituents is 1. The van der Waals surface area contributed by atoms with Gasteiger partial charge in [0.05, 0.1) is 19.4 Å². The van der Waals surface area contributed by atoms with Crippen LogP contribution in [-0.2, 0) is 35.5 Å². The second-order valence-electron chi connectivity index (χ2n) is 8.23. The van der Waals surface area contributed by atoms with Gasteiger partial charge in [-0.3, -0.25) is 4.79 Å². The van der Waals surface area contributed by atoms with Crippen LogP contribution in [0.25, 0.3) is 0 Å². The van der Waals surface area contributed by atoms with Crippen LogP contribution in [0, 0.1) is 0 Å². The molecule has 186 valence electrons. The number of esters is 1. The molecule has 0 aliphatic carbocycles. The van der Waals surface area contributed by atoms with Gasteiger partial charge in [0, 0.05) is 24.9 Å². The molecule has 0 saturated heterocycles. The number of aryl methyl sites for hydroxylation is 1. The lowest BCUT2D eigenvalue weighted by molar-refractivity contribution is -0.142. The topological polar surface area (TPSA) is 114 Å². The number of aromatic hydroxyl groups is 1. The number of imidazole rings is 1. The van der Waals surface area contributed by atoms with Gasteiger partial charge in [-0.2, -0.15) is 0 Å². The zero-order valence-electron chi connectivity index (χ0n) is 19.8. The Labute approximate surface area is 209 Å². The molecule has 2 aromatic carbocycles. The summed E-state index contributed by atoms with van der Waals surface area (Å²) in [5, 5.41) is 22.2. The van der Waals surface area contributed by atoms with E-state index in [-0.39, 0.29) is 18.8 Å². The zero-order valence-corrected chi connectivity index (χ0v) is 20.6. The van der Waals surface area contributed by atoms with E-state index in [4.69, 9.17) is 16.3 Å². The third kappa shape index (κ3) is 6.83. The number of aromatic nitrogens is 2. The van der Waals surface area contributed by atoms with Crippen LogP contribution in [0.2, 0.25) is 5.15 Å². The predicted octanol–water partition coefficient (Wildman–Crippen LogP) is 3.64. The van der Waals surface area contributed by atoms with Crippen molar-refractivity contribution in [2.75, 3.05) is 7.11 Å². The molecule has 3 N–H and O–H groups in total. The van der Waals surface area contributed by atoms with E-state index in [9.17, 15) is 19.8 Å². The summed E-state index contributed by atoms with van der Waals surface area (Å²) in [5.74, 6) is -0.0285. The fourth-order valence-corrected chi connectivity index (χ4v) is 4.02. The number of aliphatic hydroxyl groups excluding tert-OH is 1. The fourth-order valence-electron chi connectivity index (χ4n) is 3.76. The van der Waals surface area contributed by atoms with Crippen molar-refractivity contribution >= 4 is 23.5 Å². The number of halogens is 1. The van der Waals surface area contributed by atoms with Gasteiger partial charge in [0.1, 0.15) is 17.6 Å². The summed E-state index contributed by atoms with van der Waals surface area (Å²) in [6.07, 6.45) is 2.96. The Morgan fingerprint density at radius 3 is 2.37 bits per heavy atom. The number of amides is 1. The molecule has 1 heterocycles. The van der Waals surface area contributed by atoms with Crippen molar-refractivity contribution in [1.29, 1.82) is 0 Å². The molecule has 8 nitrogen and oxygen atoms in total. The Hall–Kier alpha value is -3.36. The van der Waals surface area contributed by atoms with E-state index < -0.39 is 17.9 Å². The highest BCUT2D eigenvalue weighted by Crippen LogP contribution is 2.21. The fraction of sp³-hybridized carbons (Fsp3) is 0.346. The second-order valence-corrected chi connectivity index (χ2v) is 8.59. The first kappa shape index (κ1) is 26.2. The number of hydrogen-bond donors (Lipinski definition) is 3. The molecule has 0 aliphatic heterocycles. The van der Waals surface area contributed by atoms with Crippen LogP contribution >= 0.6 is 11.6 Å². The van der Waals surface area contributed by atoms with Crippen LogP contribution in [-0.4, -0.2) is 44.8 Å². The van der Waals surface area contributed by atoms with E-state index >= 15 is 0 Å². The van der Waals surface area contributed by atoms with Gasteiger partial charge in [-0.1, -0.05) is 49.2 Å². The average Bonchev–Trinajstić information content (AvgIpc) is 3.16. The first-order chi connectivity index (χ1) is 16.9. The Morgan fingerprint density at radius 2 is 1.77 bits per heavy atom. The number of phenols is 1. The molecule has 0 unspecified atom stereocenters. The van der Waals surface area contributed by atoms with Crippen LogP contribution in [0.5, 0.6) is 5.75 Å². The standard InChI is InChI=1S/C26H30ClN3O5/c1-3-4-5-23-29-24(27)22(16-31)30(23)15-18-6-10-19(11-7-18)25(33)28-21(26(34)35-2)14-17-8-12-20(32)13-9-17/h6-13,21,31-32H,3-5,14-16H2,1-2H3,(H,28,33)/t21-/m0/s1. The maximum Gasteiger partial charge on any atom is 0.328 e. The molecule has 35 heavy (non-hydrogen) atoms. The summed E-state index contributed by atoms with van der Waals surface area (Å²) < 4.78 is 6.77. The smallest absolute Gasteiger partial charge is 0.328 e. The zero-order chi connectivity index (χ0) is 25.4. The number of unbranched alkanes of at least 4 members (excludes halogenated alkanes) is 1. The molecule has 3 aromatic rings. The lowest BCUT2D eigenvalue weighted by atomic mass is 10.0. The van der Waals surface area contributed by atoms with Crippen molar-refractivity contribution in [3.63, 3.8) is 0 Å². The molecule has 1 atom stereocenters. The van der Waals surface area contributed by atoms with Gasteiger partial charge >= 0.3 is 5.97 Å². The van der Waals surface area contributed by atoms with Crippen LogP contribution < -0.4 is 5.32 Å². The minimum atomic E-state index is -0.877. The van der Waals surface area contributed by atoms with E-state index in [1.54, 1.807) is 24.3 Å². The monoisotopic (exact) mass is 499 g/mol. The lowest BCUT2D eigenvalue weighted by Crippen LogP contribution is -2.43. The van der Waals surface area contributed by atoms with Crippen molar-refractivity contribution in [3.8, 4) is 5.75 Å². The summed E-state index contributed by atoms with van der Waals surface area (Å²) >= 11 is 6.22. The molecule has 0 bridgehead atoms. The van der Waals surface area contributed by atoms with Gasteiger partial charge in [-0.05, 0) is 41.8 Å². The number of carbonyl (C=O) groups excluding carboxylic acids is 2. The quantitative estimate of drug-likeness (QED) is 0.347. The number of carbonyl (C=O) groups is 2. The van der Waals surface area contributed by atoms with Crippen LogP contribution in [0.3, 0.4) is 0 Å². The number of ether oxygens (including phenoxy) is 1. The maximum absolute atomic E-state index is 12.8. The Morgan fingerprint density at radius 1 is 1.11 bits per heavy atom. The van der Waals surface area contributed by atoms with Crippen molar-refractivity contribution in [2.45, 2.75) is 51.8 Å². The maximum atomic E-state index is 12.8. The van der Waals surface area contributed by atoms with Gasteiger partial charge in [0.25, 0.3) is 5.91 Å². The molecular weight excluding hydrogens is 470 g/mol. The predicted molar refractivity (Wildman–Crippen MR) is 132 cm³/mol. The Balaban J connectivity index is 1.72. The van der Waals surface area contributed by atoms with Gasteiger partial charge in [0.15, 0.2) is 5.15 Å². The Kier molecular flexibility index (Phi) is 9.28. The van der Waals surface area contributed by atoms with E-state index in [1.165, 1.54) is 19.2 Å². The largest absolute Gasteiger partial charge is 0.508 e. The normalized spacial score (nSPS) is 11.8. The number of hydrogen-bond acceptors (Lipinski definition) is 6. The summed E-state index contributed by atoms with van der Waals surface area (Å²) in [6, 6.07) is 12.5. The first-order valence-corrected chi connectivity index (χ1v) is 11.8. The minimum Gasteiger partial charge on any atom is -0.508 e. The van der Waals surface area contributed by atoms with Crippen molar-refractivity contribution in [1.82, 2.24) is 14.9 Å². The van der Waals surface area contributed by atoms with Crippen molar-refractivity contribution in [3.05, 3.63) is 81.9 Å². The van der Waals surface area contributed by atoms with Gasteiger partial charge < -0.3 is 24.8 Å². The number of benzene rings is 2. The number of nitrogens with one attached hydrogen (secondary N) is 1. The highest BCUT2D eigenvalue weighted by Gasteiger charge is 2.23. The number of nitrogens with zero attached hydrogens (tertiary/aromatic N) is 2. The van der Waals surface area contributed by atoms with Crippen molar-refractivity contribution in [2.24, 2.45) is 0 Å². The number of aliphatic hydroxyl groups is 1. The third-order valence-corrected chi connectivity index (χ3v) is 6.03. The summed E-state index contributed by atoms with van der Waals surface area (Å²) in [6.45, 7) is 2.34. The minimum absolute atomic E-state index is 0.119. The molecule has 9 heteroatoms. The highest BCUT2D eigenvalue weighted by atomic mass is 35.5. The van der Waals surface area contributed by atoms with Crippen LogP contribution in [0.1, 0.15) is 52.8 Å². The SMILES string of the molecule is CCCCc1nc(Cl)c(CO)n1Cc1ccc(C(=O)N[C@@H](Cc2ccc(O)cc2)C(=O)OC)cc1. The number of rotatable bonds is 11. The molecule has 1 aromatic heterocycles. The Bertz CT molecular complexity index is 1140. The number of methoxy groups -OCH3 is 1. The molecule has 0 radical (unpaired) electrons. The van der Waals surface area contributed by atoms with E-state index in [0.717, 1.165) is 36.2 Å². The average molecular weight is 500 g/mol. The molecule has 3 rings (SSSR count). The van der Waals surface area contributed by atoms with Crippen LogP contribution in [0.15, 0.2) is 48.5 Å². The van der Waals surface area contributed by atoms with Gasteiger partial charge in [0.2, 0.25) is 0 Å². The molecular formula is C26H30ClN3O5. The summed E-state index contributed by atoms with van der Waals surface area (Å²) in [5.41, 5.74) is 2.64. The second kappa shape index (κ2) is 12.4. The van der Waals surface area contributed by atoms with E-state index in [0.29, 0.717) is 23.0 Å². The van der Waals surface area contributed by atoms with Gasteiger partial charge in [-0.25, -0.2) is 9.78 Å². The lowest BCUT2D eigenvalue weighted by Gasteiger charge is -2.17. The van der Waals surface area contributed by atoms with E-state index in [1.807, 2.05) is 16.7 Å². The summed E-state index contributed by atoms with van der Waals surface area (Å²) in [4.78, 5) is 29.5. The van der Waals surface area contributed by atoms with Crippen molar-refractivity contribution < 1.29 is 24.5 Å². The third-order valence-electron chi connectivity index (χ3n) is 5.73.